The lowest BCUT2D eigenvalue weighted by atomic mass is 9.87. The summed E-state index contributed by atoms with van der Waals surface area (Å²) in [7, 11) is 0. The van der Waals surface area contributed by atoms with E-state index >= 15 is 0 Å². The summed E-state index contributed by atoms with van der Waals surface area (Å²) in [5.74, 6) is 0.798. The van der Waals surface area contributed by atoms with Crippen LogP contribution in [-0.4, -0.2) is 19.4 Å². The molecule has 4 heterocycles. The number of aromatic nitrogens is 4. The second-order valence-corrected chi connectivity index (χ2v) is 13.7. The van der Waals surface area contributed by atoms with E-state index in [1.54, 1.807) is 6.39 Å². The van der Waals surface area contributed by atoms with Gasteiger partial charge >= 0.3 is 0 Å². The highest BCUT2D eigenvalue weighted by atomic mass is 16.3. The third kappa shape index (κ3) is 4.21. The Labute approximate surface area is 298 Å². The van der Waals surface area contributed by atoms with Crippen molar-refractivity contribution < 1.29 is 4.42 Å². The fourth-order valence-electron chi connectivity index (χ4n) is 8.34. The SMILES string of the molecule is Cc1ccccc1N(c1ccccc1)c1nc(C2=CC(c3ccc4c(c3)c3c5ocnc5cc5c6ccccc6n4c53)CC=C2)c2ccccc2n1. The molecule has 0 bridgehead atoms. The average Bonchev–Trinajstić information content (AvgIpc) is 3.90. The molecule has 0 radical (unpaired) electrons. The minimum atomic E-state index is 0.158. The van der Waals surface area contributed by atoms with Gasteiger partial charge in [-0.15, -0.1) is 0 Å². The van der Waals surface area contributed by atoms with E-state index in [4.69, 9.17) is 14.4 Å². The van der Waals surface area contributed by atoms with Crippen LogP contribution in [0.25, 0.3) is 65.7 Å². The third-order valence-electron chi connectivity index (χ3n) is 10.7. The zero-order valence-electron chi connectivity index (χ0n) is 28.4. The molecule has 0 N–H and O–H groups in total. The molecular weight excluding hydrogens is 639 g/mol. The molecule has 1 unspecified atom stereocenters. The highest BCUT2D eigenvalue weighted by Crippen LogP contribution is 2.44. The molecular formula is C46H31N5O. The molecule has 4 aromatic heterocycles. The first-order valence-electron chi connectivity index (χ1n) is 17.7. The molecule has 11 rings (SSSR count). The number of hydrogen-bond donors (Lipinski definition) is 0. The van der Waals surface area contributed by atoms with Crippen molar-refractivity contribution in [2.24, 2.45) is 0 Å². The first-order chi connectivity index (χ1) is 25.7. The van der Waals surface area contributed by atoms with Gasteiger partial charge in [0.1, 0.15) is 5.52 Å². The zero-order chi connectivity index (χ0) is 34.3. The minimum absolute atomic E-state index is 0.158. The van der Waals surface area contributed by atoms with Gasteiger partial charge in [0.05, 0.1) is 38.8 Å². The lowest BCUT2D eigenvalue weighted by Crippen LogP contribution is -2.15. The first kappa shape index (κ1) is 29.0. The van der Waals surface area contributed by atoms with Crippen molar-refractivity contribution in [2.75, 3.05) is 4.90 Å². The Morgan fingerprint density at radius 3 is 2.40 bits per heavy atom. The highest BCUT2D eigenvalue weighted by molar-refractivity contribution is 6.29. The number of benzene rings is 6. The Morgan fingerprint density at radius 2 is 1.50 bits per heavy atom. The third-order valence-corrected chi connectivity index (χ3v) is 10.7. The van der Waals surface area contributed by atoms with Crippen LogP contribution >= 0.6 is 0 Å². The molecule has 6 nitrogen and oxygen atoms in total. The van der Waals surface area contributed by atoms with Crippen molar-refractivity contribution in [1.82, 2.24) is 19.4 Å². The normalized spacial score (nSPS) is 14.8. The van der Waals surface area contributed by atoms with Crippen LogP contribution in [0.1, 0.15) is 29.2 Å². The van der Waals surface area contributed by atoms with Crippen molar-refractivity contribution >= 4 is 83.0 Å². The Morgan fingerprint density at radius 1 is 0.712 bits per heavy atom. The summed E-state index contributed by atoms with van der Waals surface area (Å²) >= 11 is 0. The van der Waals surface area contributed by atoms with Crippen LogP contribution in [-0.2, 0) is 0 Å². The number of rotatable bonds is 5. The molecule has 0 spiro atoms. The fraction of sp³-hybridized carbons (Fsp3) is 0.0652. The van der Waals surface area contributed by atoms with Crippen LogP contribution in [0, 0.1) is 6.92 Å². The Hall–Kier alpha value is -6.79. The number of hydrogen-bond acceptors (Lipinski definition) is 5. The minimum Gasteiger partial charge on any atom is -0.443 e. The van der Waals surface area contributed by atoms with E-state index < -0.39 is 0 Å². The van der Waals surface area contributed by atoms with Crippen molar-refractivity contribution in [2.45, 2.75) is 19.3 Å². The summed E-state index contributed by atoms with van der Waals surface area (Å²) in [5.41, 5.74) is 12.7. The molecule has 6 aromatic carbocycles. The predicted octanol–water partition coefficient (Wildman–Crippen LogP) is 11.8. The molecule has 0 saturated carbocycles. The second-order valence-electron chi connectivity index (χ2n) is 13.7. The Balaban J connectivity index is 1.09. The number of para-hydroxylation sites is 4. The van der Waals surface area contributed by atoms with Crippen LogP contribution in [0.3, 0.4) is 0 Å². The summed E-state index contributed by atoms with van der Waals surface area (Å²) in [5, 5.41) is 5.77. The lowest BCUT2D eigenvalue weighted by Gasteiger charge is -2.26. The number of nitrogens with zero attached hydrogens (tertiary/aromatic N) is 5. The number of anilines is 3. The van der Waals surface area contributed by atoms with E-state index in [0.29, 0.717) is 5.95 Å². The highest BCUT2D eigenvalue weighted by Gasteiger charge is 2.25. The van der Waals surface area contributed by atoms with Crippen molar-refractivity contribution in [1.29, 1.82) is 0 Å². The molecule has 246 valence electrons. The molecule has 1 aliphatic carbocycles. The molecule has 1 atom stereocenters. The van der Waals surface area contributed by atoms with E-state index in [0.717, 1.165) is 62.0 Å². The standard InChI is InChI=1S/C46H31N5O/c1-28-12-5-9-20-39(28)50(32-15-3-2-4-16-32)46-48-37-19-8-6-18-34(37)43(49-46)31-14-11-13-29(24-31)30-22-23-41-36(25-30)42-44-35(26-38-45(42)52-27-47-38)33-17-7-10-21-40(33)51(41)44/h2-12,14-27,29H,13H2,1H3. The van der Waals surface area contributed by atoms with Gasteiger partial charge in [-0.2, -0.15) is 0 Å². The topological polar surface area (TPSA) is 59.5 Å². The van der Waals surface area contributed by atoms with Crippen molar-refractivity contribution in [3.8, 4) is 0 Å². The van der Waals surface area contributed by atoms with Gasteiger partial charge in [0.2, 0.25) is 5.95 Å². The van der Waals surface area contributed by atoms with E-state index in [-0.39, 0.29) is 5.92 Å². The Kier molecular flexibility index (Phi) is 6.19. The molecule has 6 heteroatoms. The fourth-order valence-corrected chi connectivity index (χ4v) is 8.34. The smallest absolute Gasteiger partial charge is 0.235 e. The van der Waals surface area contributed by atoms with Crippen LogP contribution in [0.5, 0.6) is 0 Å². The van der Waals surface area contributed by atoms with Gasteiger partial charge in [0.25, 0.3) is 0 Å². The second kappa shape index (κ2) is 11.1. The van der Waals surface area contributed by atoms with Gasteiger partial charge in [0, 0.05) is 33.2 Å². The Bertz CT molecular complexity index is 3080. The molecule has 0 saturated heterocycles. The molecule has 1 aliphatic rings. The summed E-state index contributed by atoms with van der Waals surface area (Å²) < 4.78 is 8.46. The monoisotopic (exact) mass is 669 g/mol. The van der Waals surface area contributed by atoms with Gasteiger partial charge in [-0.3, -0.25) is 4.90 Å². The van der Waals surface area contributed by atoms with E-state index in [2.05, 4.69) is 155 Å². The van der Waals surface area contributed by atoms with Gasteiger partial charge in [-0.25, -0.2) is 15.0 Å². The van der Waals surface area contributed by atoms with Gasteiger partial charge in [0.15, 0.2) is 12.0 Å². The number of fused-ring (bicyclic) bond motifs is 9. The number of aryl methyl sites for hydroxylation is 1. The van der Waals surface area contributed by atoms with Gasteiger partial charge < -0.3 is 8.82 Å². The van der Waals surface area contributed by atoms with E-state index in [9.17, 15) is 0 Å². The van der Waals surface area contributed by atoms with Crippen molar-refractivity contribution in [3.63, 3.8) is 0 Å². The summed E-state index contributed by atoms with van der Waals surface area (Å²) in [6.45, 7) is 2.13. The predicted molar refractivity (Wildman–Crippen MR) is 212 cm³/mol. The molecule has 0 fully saturated rings. The summed E-state index contributed by atoms with van der Waals surface area (Å²) in [6, 6.07) is 44.9. The summed E-state index contributed by atoms with van der Waals surface area (Å²) in [4.78, 5) is 17.3. The number of oxazole rings is 1. The largest absolute Gasteiger partial charge is 0.443 e. The van der Waals surface area contributed by atoms with E-state index in [1.807, 2.05) is 12.1 Å². The maximum absolute atomic E-state index is 6.07. The molecule has 52 heavy (non-hydrogen) atoms. The summed E-state index contributed by atoms with van der Waals surface area (Å²) in [6.07, 6.45) is 9.35. The van der Waals surface area contributed by atoms with E-state index in [1.165, 1.54) is 38.3 Å². The maximum atomic E-state index is 6.07. The zero-order valence-corrected chi connectivity index (χ0v) is 28.4. The van der Waals surface area contributed by atoms with Gasteiger partial charge in [-0.1, -0.05) is 97.1 Å². The van der Waals surface area contributed by atoms with Crippen LogP contribution in [0.2, 0.25) is 0 Å². The molecule has 10 aromatic rings. The van der Waals surface area contributed by atoms with Crippen molar-refractivity contribution in [3.05, 3.63) is 169 Å². The first-order valence-corrected chi connectivity index (χ1v) is 17.7. The van der Waals surface area contributed by atoms with Crippen LogP contribution in [0.15, 0.2) is 156 Å². The van der Waals surface area contributed by atoms with Gasteiger partial charge in [-0.05, 0) is 78.6 Å². The number of allylic oxidation sites excluding steroid dienone is 4. The quantitative estimate of drug-likeness (QED) is 0.183. The average molecular weight is 670 g/mol. The van der Waals surface area contributed by atoms with Crippen LogP contribution in [0.4, 0.5) is 17.3 Å². The van der Waals surface area contributed by atoms with Crippen LogP contribution < -0.4 is 4.90 Å². The molecule has 0 amide bonds. The lowest BCUT2D eigenvalue weighted by molar-refractivity contribution is 0.605. The maximum Gasteiger partial charge on any atom is 0.235 e. The molecule has 0 aliphatic heterocycles.